The van der Waals surface area contributed by atoms with E-state index in [0.717, 1.165) is 17.4 Å². The molecule has 1 amide bonds. The Morgan fingerprint density at radius 2 is 1.97 bits per heavy atom. The van der Waals surface area contributed by atoms with Crippen molar-refractivity contribution in [3.05, 3.63) is 57.6 Å². The number of amides is 1. The number of hydrogen-bond acceptors (Lipinski definition) is 9. The number of halogens is 1. The van der Waals surface area contributed by atoms with Gasteiger partial charge in [-0.1, -0.05) is 41.6 Å². The van der Waals surface area contributed by atoms with E-state index in [0.29, 0.717) is 37.0 Å². The Morgan fingerprint density at radius 3 is 2.75 bits per heavy atom. The fraction of sp³-hybridized carbons (Fsp3) is 0.250. The van der Waals surface area contributed by atoms with Crippen LogP contribution in [0.2, 0.25) is 5.02 Å². The van der Waals surface area contributed by atoms with E-state index in [4.69, 9.17) is 20.8 Å². The van der Waals surface area contributed by atoms with Gasteiger partial charge >= 0.3 is 0 Å². The number of anilines is 2. The average molecular weight is 476 g/mol. The van der Waals surface area contributed by atoms with Gasteiger partial charge in [-0.2, -0.15) is 0 Å². The fourth-order valence-corrected chi connectivity index (χ4v) is 4.09. The van der Waals surface area contributed by atoms with Crippen molar-refractivity contribution in [1.29, 1.82) is 0 Å². The second-order valence-corrected chi connectivity index (χ2v) is 8.05. The van der Waals surface area contributed by atoms with Crippen molar-refractivity contribution >= 4 is 46.3 Å². The summed E-state index contributed by atoms with van der Waals surface area (Å²) in [4.78, 5) is 25.3. The zero-order chi connectivity index (χ0) is 22.5. The van der Waals surface area contributed by atoms with Crippen LogP contribution in [0.4, 0.5) is 17.1 Å². The molecule has 0 radical (unpaired) electrons. The lowest BCUT2D eigenvalue weighted by molar-refractivity contribution is -0.384. The molecule has 1 saturated heterocycles. The molecule has 12 heteroatoms. The smallest absolute Gasteiger partial charge is 0.282 e. The van der Waals surface area contributed by atoms with Crippen molar-refractivity contribution in [3.8, 4) is 11.5 Å². The molecular weight excluding hydrogens is 458 g/mol. The monoisotopic (exact) mass is 475 g/mol. The number of carbonyl (C=O) groups excluding carboxylic acids is 1. The van der Waals surface area contributed by atoms with E-state index < -0.39 is 4.92 Å². The van der Waals surface area contributed by atoms with Crippen LogP contribution in [0.15, 0.2) is 52.1 Å². The third kappa shape index (κ3) is 5.01. The Balaban J connectivity index is 1.42. The number of rotatable bonds is 7. The normalized spacial score (nSPS) is 13.7. The van der Waals surface area contributed by atoms with Crippen molar-refractivity contribution in [1.82, 2.24) is 10.2 Å². The van der Waals surface area contributed by atoms with E-state index in [1.807, 2.05) is 0 Å². The third-order valence-electron chi connectivity index (χ3n) is 4.65. The van der Waals surface area contributed by atoms with Crippen LogP contribution in [0.5, 0.6) is 0 Å². The molecule has 1 aliphatic rings. The largest absolute Gasteiger partial charge is 0.411 e. The highest BCUT2D eigenvalue weighted by atomic mass is 35.5. The molecular formula is C20H18ClN5O5S. The molecule has 1 aliphatic heterocycles. The first-order valence-electron chi connectivity index (χ1n) is 9.64. The van der Waals surface area contributed by atoms with Crippen molar-refractivity contribution < 1.29 is 18.9 Å². The van der Waals surface area contributed by atoms with E-state index in [2.05, 4.69) is 20.4 Å². The minimum absolute atomic E-state index is 0.00752. The molecule has 1 fully saturated rings. The predicted octanol–water partition coefficient (Wildman–Crippen LogP) is 3.87. The number of ether oxygens (including phenoxy) is 1. The summed E-state index contributed by atoms with van der Waals surface area (Å²) < 4.78 is 10.9. The summed E-state index contributed by atoms with van der Waals surface area (Å²) in [6.07, 6.45) is 0. The summed E-state index contributed by atoms with van der Waals surface area (Å²) in [6, 6.07) is 11.4. The number of carbonyl (C=O) groups is 1. The van der Waals surface area contributed by atoms with Crippen LogP contribution in [0.3, 0.4) is 0 Å². The summed E-state index contributed by atoms with van der Waals surface area (Å²) >= 11 is 7.43. The van der Waals surface area contributed by atoms with Crippen LogP contribution >= 0.6 is 23.4 Å². The van der Waals surface area contributed by atoms with Crippen LogP contribution in [0, 0.1) is 10.1 Å². The minimum Gasteiger partial charge on any atom is -0.411 e. The van der Waals surface area contributed by atoms with Gasteiger partial charge in [0, 0.05) is 19.2 Å². The van der Waals surface area contributed by atoms with Crippen LogP contribution in [0.25, 0.3) is 11.5 Å². The van der Waals surface area contributed by atoms with Crippen LogP contribution in [0.1, 0.15) is 0 Å². The molecule has 0 aliphatic carbocycles. The topological polar surface area (TPSA) is 124 Å². The standard InChI is InChI=1S/C20H18ClN5O5S/c21-14-5-3-6-15(18(14)25-8-10-30-11-9-25)22-17(27)12-32-20-24-23-19(31-20)13-4-1-2-7-16(13)26(28)29/h1-7H,8-12H2,(H,22,27). The molecule has 4 rings (SSSR count). The van der Waals surface area contributed by atoms with E-state index >= 15 is 0 Å². The SMILES string of the molecule is O=C(CSc1nnc(-c2ccccc2[N+](=O)[O-])o1)Nc1cccc(Cl)c1N1CCOCC1. The highest BCUT2D eigenvalue weighted by Gasteiger charge is 2.21. The summed E-state index contributed by atoms with van der Waals surface area (Å²) in [6.45, 7) is 2.54. The molecule has 3 aromatic rings. The number of morpholine rings is 1. The number of nitrogens with one attached hydrogen (secondary N) is 1. The van der Waals surface area contributed by atoms with Gasteiger partial charge in [0.25, 0.3) is 16.8 Å². The summed E-state index contributed by atoms with van der Waals surface area (Å²) in [5.41, 5.74) is 1.45. The lowest BCUT2D eigenvalue weighted by atomic mass is 10.2. The van der Waals surface area contributed by atoms with Gasteiger partial charge in [0.15, 0.2) is 0 Å². The Hall–Kier alpha value is -3.15. The maximum atomic E-state index is 12.6. The molecule has 1 aromatic heterocycles. The lowest BCUT2D eigenvalue weighted by Gasteiger charge is -2.31. The van der Waals surface area contributed by atoms with Gasteiger partial charge in [-0.05, 0) is 18.2 Å². The Labute approximate surface area is 192 Å². The maximum absolute atomic E-state index is 12.6. The Kier molecular flexibility index (Phi) is 6.88. The number of benzene rings is 2. The molecule has 2 aromatic carbocycles. The predicted molar refractivity (Wildman–Crippen MR) is 120 cm³/mol. The van der Waals surface area contributed by atoms with E-state index in [9.17, 15) is 14.9 Å². The van der Waals surface area contributed by atoms with Crippen LogP contribution in [-0.2, 0) is 9.53 Å². The first-order valence-corrected chi connectivity index (χ1v) is 11.0. The van der Waals surface area contributed by atoms with Gasteiger partial charge in [0.1, 0.15) is 5.56 Å². The van der Waals surface area contributed by atoms with Gasteiger partial charge in [0.2, 0.25) is 5.91 Å². The van der Waals surface area contributed by atoms with E-state index in [1.54, 1.807) is 30.3 Å². The molecule has 0 spiro atoms. The molecule has 0 saturated carbocycles. The highest BCUT2D eigenvalue weighted by Crippen LogP contribution is 2.35. The van der Waals surface area contributed by atoms with Gasteiger partial charge in [0.05, 0.1) is 40.3 Å². The maximum Gasteiger partial charge on any atom is 0.282 e. The molecule has 1 N–H and O–H groups in total. The number of thioether (sulfide) groups is 1. The Bertz CT molecular complexity index is 1140. The number of para-hydroxylation sites is 2. The van der Waals surface area contributed by atoms with E-state index in [-0.39, 0.29) is 34.0 Å². The molecule has 166 valence electrons. The summed E-state index contributed by atoms with van der Waals surface area (Å²) in [7, 11) is 0. The molecule has 0 unspecified atom stereocenters. The van der Waals surface area contributed by atoms with Crippen LogP contribution < -0.4 is 10.2 Å². The first kappa shape index (κ1) is 22.1. The highest BCUT2D eigenvalue weighted by molar-refractivity contribution is 7.99. The number of hydrogen-bond donors (Lipinski definition) is 1. The van der Waals surface area contributed by atoms with Crippen molar-refractivity contribution in [2.24, 2.45) is 0 Å². The van der Waals surface area contributed by atoms with Crippen molar-refractivity contribution in [2.75, 3.05) is 42.3 Å². The minimum atomic E-state index is -0.517. The lowest BCUT2D eigenvalue weighted by Crippen LogP contribution is -2.37. The fourth-order valence-electron chi connectivity index (χ4n) is 3.23. The number of nitro benzene ring substituents is 1. The van der Waals surface area contributed by atoms with Crippen LogP contribution in [-0.4, -0.2) is 53.1 Å². The van der Waals surface area contributed by atoms with Gasteiger partial charge in [-0.3, -0.25) is 14.9 Å². The second-order valence-electron chi connectivity index (χ2n) is 6.72. The molecule has 0 bridgehead atoms. The second kappa shape index (κ2) is 9.98. The number of nitro groups is 1. The van der Waals surface area contributed by atoms with Crippen molar-refractivity contribution in [3.63, 3.8) is 0 Å². The van der Waals surface area contributed by atoms with Crippen molar-refractivity contribution in [2.45, 2.75) is 5.22 Å². The Morgan fingerprint density at radius 1 is 1.19 bits per heavy atom. The number of aromatic nitrogens is 2. The molecule has 10 nitrogen and oxygen atoms in total. The summed E-state index contributed by atoms with van der Waals surface area (Å²) in [5.74, 6) is -0.255. The average Bonchev–Trinajstić information content (AvgIpc) is 3.27. The van der Waals surface area contributed by atoms with Gasteiger partial charge < -0.3 is 19.4 Å². The zero-order valence-corrected chi connectivity index (χ0v) is 18.3. The third-order valence-corrected chi connectivity index (χ3v) is 5.78. The quantitative estimate of drug-likeness (QED) is 0.308. The van der Waals surface area contributed by atoms with Gasteiger partial charge in [-0.25, -0.2) is 0 Å². The van der Waals surface area contributed by atoms with E-state index in [1.165, 1.54) is 12.1 Å². The zero-order valence-electron chi connectivity index (χ0n) is 16.7. The summed E-state index contributed by atoms with van der Waals surface area (Å²) in [5, 5.41) is 22.5. The molecule has 2 heterocycles. The first-order chi connectivity index (χ1) is 15.5. The molecule has 32 heavy (non-hydrogen) atoms. The van der Waals surface area contributed by atoms with Gasteiger partial charge in [-0.15, -0.1) is 10.2 Å². The molecule has 0 atom stereocenters. The number of nitrogens with zero attached hydrogens (tertiary/aromatic N) is 4.